The van der Waals surface area contributed by atoms with Gasteiger partial charge in [-0.25, -0.2) is 0 Å². The van der Waals surface area contributed by atoms with Crippen molar-refractivity contribution in [2.45, 2.75) is 56.8 Å². The zero-order valence-corrected chi connectivity index (χ0v) is 10.3. The van der Waals surface area contributed by atoms with Crippen molar-refractivity contribution in [3.63, 3.8) is 0 Å². The Bertz CT molecular complexity index is 282. The molecule has 0 aromatic carbocycles. The summed E-state index contributed by atoms with van der Waals surface area (Å²) < 4.78 is 6.36. The molecule has 2 heteroatoms. The molecule has 1 heterocycles. The first kappa shape index (κ1) is 9.17. The first-order valence-electron chi connectivity index (χ1n) is 6.05. The van der Waals surface area contributed by atoms with Gasteiger partial charge >= 0.3 is 0 Å². The van der Waals surface area contributed by atoms with Crippen LogP contribution in [0.5, 0.6) is 0 Å². The fourth-order valence-corrected chi connectivity index (χ4v) is 7.24. The topological polar surface area (TPSA) is 9.23 Å². The Kier molecular flexibility index (Phi) is 1.93. The molecule has 0 N–H and O–H groups in total. The van der Waals surface area contributed by atoms with Crippen molar-refractivity contribution in [1.82, 2.24) is 0 Å². The summed E-state index contributed by atoms with van der Waals surface area (Å²) in [5.74, 6) is 0.846. The van der Waals surface area contributed by atoms with E-state index in [0.717, 1.165) is 11.5 Å². The zero-order valence-electron chi connectivity index (χ0n) is 9.25. The average Bonchev–Trinajstić information content (AvgIpc) is 2.41. The molecule has 0 spiro atoms. The first-order valence-corrected chi connectivity index (χ1v) is 9.04. The van der Waals surface area contributed by atoms with Gasteiger partial charge in [-0.3, -0.25) is 0 Å². The largest absolute Gasteiger partial charge is 0.414 e. The summed E-state index contributed by atoms with van der Waals surface area (Å²) in [5.41, 5.74) is 2.70. The Hall–Kier alpha value is -0.0831. The van der Waals surface area contributed by atoms with Crippen LogP contribution >= 0.6 is 0 Å². The normalized spacial score (nSPS) is 44.4. The van der Waals surface area contributed by atoms with Crippen LogP contribution in [0.2, 0.25) is 18.6 Å². The third kappa shape index (κ3) is 1.16. The van der Waals surface area contributed by atoms with E-state index in [1.165, 1.54) is 32.1 Å². The Morgan fingerprint density at radius 2 is 2.21 bits per heavy atom. The van der Waals surface area contributed by atoms with Crippen molar-refractivity contribution in [2.75, 3.05) is 0 Å². The predicted molar refractivity (Wildman–Crippen MR) is 60.8 cm³/mol. The molecule has 3 aliphatic rings. The molecule has 3 rings (SSSR count). The minimum Gasteiger partial charge on any atom is -0.414 e. The maximum atomic E-state index is 6.36. The van der Waals surface area contributed by atoms with Crippen LogP contribution in [0.15, 0.2) is 11.6 Å². The van der Waals surface area contributed by atoms with E-state index in [1.807, 2.05) is 0 Å². The number of hydrogen-bond donors (Lipinski definition) is 0. The summed E-state index contributed by atoms with van der Waals surface area (Å²) in [7, 11) is -1.33. The van der Waals surface area contributed by atoms with Crippen LogP contribution in [0.4, 0.5) is 0 Å². The molecule has 1 aliphatic heterocycles. The van der Waals surface area contributed by atoms with Crippen LogP contribution in [0.1, 0.15) is 32.1 Å². The lowest BCUT2D eigenvalue weighted by Crippen LogP contribution is -2.32. The molecule has 1 nitrogen and oxygen atoms in total. The van der Waals surface area contributed by atoms with Gasteiger partial charge in [0.15, 0.2) is 8.32 Å². The van der Waals surface area contributed by atoms with Gasteiger partial charge in [-0.1, -0.05) is 11.6 Å². The summed E-state index contributed by atoms with van der Waals surface area (Å²) in [6.07, 6.45) is 9.92. The van der Waals surface area contributed by atoms with Gasteiger partial charge in [0, 0.05) is 5.92 Å². The quantitative estimate of drug-likeness (QED) is 0.437. The van der Waals surface area contributed by atoms with Crippen LogP contribution < -0.4 is 0 Å². The Morgan fingerprint density at radius 3 is 3.07 bits per heavy atom. The van der Waals surface area contributed by atoms with Gasteiger partial charge in [-0.05, 0) is 50.7 Å². The van der Waals surface area contributed by atoms with Crippen molar-refractivity contribution in [3.8, 4) is 0 Å². The van der Waals surface area contributed by atoms with Crippen LogP contribution in [-0.2, 0) is 4.43 Å². The molecule has 14 heavy (non-hydrogen) atoms. The van der Waals surface area contributed by atoms with Crippen LogP contribution in [0.25, 0.3) is 0 Å². The van der Waals surface area contributed by atoms with E-state index in [9.17, 15) is 0 Å². The van der Waals surface area contributed by atoms with Crippen LogP contribution in [-0.4, -0.2) is 14.4 Å². The van der Waals surface area contributed by atoms with Crippen molar-refractivity contribution in [1.29, 1.82) is 0 Å². The molecule has 2 fully saturated rings. The highest BCUT2D eigenvalue weighted by molar-refractivity contribution is 6.73. The molecule has 2 aliphatic carbocycles. The van der Waals surface area contributed by atoms with Gasteiger partial charge in [0.25, 0.3) is 0 Å². The van der Waals surface area contributed by atoms with Gasteiger partial charge in [-0.2, -0.15) is 0 Å². The summed E-state index contributed by atoms with van der Waals surface area (Å²) in [6, 6.07) is 0. The third-order valence-electron chi connectivity index (χ3n) is 4.45. The molecular formula is C12H20OSi. The molecule has 1 saturated heterocycles. The molecule has 0 aromatic rings. The highest BCUT2D eigenvalue weighted by atomic mass is 28.4. The molecule has 0 bridgehead atoms. The molecule has 0 aromatic heterocycles. The maximum Gasteiger partial charge on any atom is 0.190 e. The van der Waals surface area contributed by atoms with E-state index < -0.39 is 8.32 Å². The standard InChI is InChI=1S/C12H20OSi/c1-14(2)11-8-4-6-9-5-3-7-10(13-14)12(9)11/h6,10-12H,3-5,7-8H2,1-2H3/t10-,11+,12+/m1/s1. The second kappa shape index (κ2) is 2.95. The summed E-state index contributed by atoms with van der Waals surface area (Å²) in [6.45, 7) is 4.86. The molecule has 0 unspecified atom stereocenters. The van der Waals surface area contributed by atoms with Gasteiger partial charge < -0.3 is 4.43 Å². The van der Waals surface area contributed by atoms with E-state index in [0.29, 0.717) is 6.10 Å². The molecule has 3 atom stereocenters. The first-order chi connectivity index (χ1) is 6.68. The molecular weight excluding hydrogens is 188 g/mol. The smallest absolute Gasteiger partial charge is 0.190 e. The Labute approximate surface area is 87.7 Å². The second-order valence-corrected chi connectivity index (χ2v) is 9.82. The zero-order chi connectivity index (χ0) is 9.76. The number of rotatable bonds is 0. The fraction of sp³-hybridized carbons (Fsp3) is 0.833. The predicted octanol–water partition coefficient (Wildman–Crippen LogP) is 3.48. The lowest BCUT2D eigenvalue weighted by atomic mass is 9.75. The Morgan fingerprint density at radius 1 is 1.36 bits per heavy atom. The molecule has 0 radical (unpaired) electrons. The highest BCUT2D eigenvalue weighted by Gasteiger charge is 2.53. The monoisotopic (exact) mass is 208 g/mol. The fourth-order valence-electron chi connectivity index (χ4n) is 3.87. The summed E-state index contributed by atoms with van der Waals surface area (Å²) >= 11 is 0. The molecule has 78 valence electrons. The van der Waals surface area contributed by atoms with E-state index in [4.69, 9.17) is 4.43 Å². The van der Waals surface area contributed by atoms with E-state index >= 15 is 0 Å². The third-order valence-corrected chi connectivity index (χ3v) is 7.79. The van der Waals surface area contributed by atoms with Crippen molar-refractivity contribution in [3.05, 3.63) is 11.6 Å². The van der Waals surface area contributed by atoms with E-state index in [1.54, 1.807) is 5.57 Å². The van der Waals surface area contributed by atoms with Crippen molar-refractivity contribution in [2.24, 2.45) is 5.92 Å². The second-order valence-electron chi connectivity index (χ2n) is 5.64. The molecule has 0 amide bonds. The van der Waals surface area contributed by atoms with Crippen LogP contribution in [0.3, 0.4) is 0 Å². The number of hydrogen-bond acceptors (Lipinski definition) is 1. The maximum absolute atomic E-state index is 6.36. The lowest BCUT2D eigenvalue weighted by Gasteiger charge is -2.34. The highest BCUT2D eigenvalue weighted by Crippen LogP contribution is 2.54. The Balaban J connectivity index is 1.99. The minimum absolute atomic E-state index is 0.613. The molecule has 1 saturated carbocycles. The van der Waals surface area contributed by atoms with Crippen molar-refractivity contribution >= 4 is 8.32 Å². The summed E-state index contributed by atoms with van der Waals surface area (Å²) in [4.78, 5) is 0. The average molecular weight is 208 g/mol. The van der Waals surface area contributed by atoms with E-state index in [2.05, 4.69) is 19.2 Å². The van der Waals surface area contributed by atoms with Gasteiger partial charge in [0.2, 0.25) is 0 Å². The van der Waals surface area contributed by atoms with Gasteiger partial charge in [-0.15, -0.1) is 0 Å². The SMILES string of the molecule is C[Si]1(C)O[C@@H]2CCCC3=CCC[C@H]1[C@@H]32. The lowest BCUT2D eigenvalue weighted by molar-refractivity contribution is 0.155. The summed E-state index contributed by atoms with van der Waals surface area (Å²) in [5, 5.41) is 0. The van der Waals surface area contributed by atoms with Crippen molar-refractivity contribution < 1.29 is 4.43 Å². The van der Waals surface area contributed by atoms with Gasteiger partial charge in [0.05, 0.1) is 6.10 Å². The van der Waals surface area contributed by atoms with Gasteiger partial charge in [0.1, 0.15) is 0 Å². The van der Waals surface area contributed by atoms with E-state index in [-0.39, 0.29) is 0 Å². The van der Waals surface area contributed by atoms with Crippen LogP contribution in [0, 0.1) is 5.92 Å². The minimum atomic E-state index is -1.33. The number of allylic oxidation sites excluding steroid dienone is 1.